The number of likely N-dealkylation sites (tertiary alicyclic amines) is 1. The SMILES string of the molecule is CC(C)(C)OC(=O)N1CCCCC1.Cc1ccccc1S([O])(=O)=O. The second-order valence-electron chi connectivity index (χ2n) is 6.75. The van der Waals surface area contributed by atoms with Gasteiger partial charge in [-0.25, -0.2) is 4.79 Å². The number of carbonyl (C=O) groups excluding carboxylic acids is 1. The Kier molecular flexibility index (Phi) is 7.23. The van der Waals surface area contributed by atoms with Gasteiger partial charge in [0, 0.05) is 13.1 Å². The van der Waals surface area contributed by atoms with Crippen molar-refractivity contribution < 1.29 is 22.5 Å². The lowest BCUT2D eigenvalue weighted by molar-refractivity contribution is 0.0216. The molecule has 0 atom stereocenters. The summed E-state index contributed by atoms with van der Waals surface area (Å²) in [5.41, 5.74) is 0.122. The van der Waals surface area contributed by atoms with E-state index in [2.05, 4.69) is 0 Å². The minimum absolute atomic E-state index is 0.139. The Morgan fingerprint density at radius 2 is 1.62 bits per heavy atom. The number of hydrogen-bond acceptors (Lipinski definition) is 4. The molecule has 7 heteroatoms. The Bertz CT molecular complexity index is 643. The van der Waals surface area contributed by atoms with Crippen LogP contribution in [0, 0.1) is 6.92 Å². The standard InChI is InChI=1S/C10H19NO2.C7H7O3S/c1-10(2,3)13-9(12)11-7-5-4-6-8-11;1-6-4-2-3-5-7(6)11(8,9)10/h4-8H2,1-3H3;2-5H,1H3. The zero-order valence-electron chi connectivity index (χ0n) is 14.7. The number of amides is 1. The summed E-state index contributed by atoms with van der Waals surface area (Å²) in [6, 6.07) is 6.10. The van der Waals surface area contributed by atoms with Crippen LogP contribution in [0.15, 0.2) is 29.2 Å². The van der Waals surface area contributed by atoms with Gasteiger partial charge in [0.2, 0.25) is 0 Å². The summed E-state index contributed by atoms with van der Waals surface area (Å²) in [6.45, 7) is 8.99. The molecule has 24 heavy (non-hydrogen) atoms. The molecule has 1 radical (unpaired) electrons. The molecule has 0 aliphatic carbocycles. The Morgan fingerprint density at radius 1 is 1.08 bits per heavy atom. The summed E-state index contributed by atoms with van der Waals surface area (Å²) < 4.78 is 36.8. The Morgan fingerprint density at radius 3 is 2.04 bits per heavy atom. The van der Waals surface area contributed by atoms with Crippen LogP contribution in [0.5, 0.6) is 0 Å². The number of hydrogen-bond donors (Lipinski definition) is 0. The van der Waals surface area contributed by atoms with Crippen LogP contribution in [0.25, 0.3) is 0 Å². The van der Waals surface area contributed by atoms with Crippen LogP contribution in [0.3, 0.4) is 0 Å². The zero-order valence-corrected chi connectivity index (χ0v) is 15.6. The molecule has 2 rings (SSSR count). The van der Waals surface area contributed by atoms with Gasteiger partial charge in [-0.3, -0.25) is 0 Å². The minimum atomic E-state index is -4.28. The molecular formula is C17H26NO5S. The molecule has 1 aromatic carbocycles. The van der Waals surface area contributed by atoms with Crippen LogP contribution in [0.4, 0.5) is 4.79 Å². The van der Waals surface area contributed by atoms with Crippen molar-refractivity contribution >= 4 is 16.2 Å². The van der Waals surface area contributed by atoms with Gasteiger partial charge in [-0.05, 0) is 58.6 Å². The number of aryl methyl sites for hydroxylation is 1. The van der Waals surface area contributed by atoms with E-state index in [1.807, 2.05) is 20.8 Å². The Labute approximate surface area is 144 Å². The molecule has 1 aliphatic heterocycles. The molecule has 1 saturated heterocycles. The highest BCUT2D eigenvalue weighted by atomic mass is 32.2. The van der Waals surface area contributed by atoms with E-state index in [1.54, 1.807) is 24.0 Å². The summed E-state index contributed by atoms with van der Waals surface area (Å²) in [7, 11) is -4.28. The summed E-state index contributed by atoms with van der Waals surface area (Å²) in [6.07, 6.45) is 3.30. The van der Waals surface area contributed by atoms with Crippen LogP contribution >= 0.6 is 0 Å². The average molecular weight is 356 g/mol. The molecule has 0 bridgehead atoms. The first-order valence-corrected chi connectivity index (χ1v) is 9.41. The molecular weight excluding hydrogens is 330 g/mol. The molecule has 135 valence electrons. The van der Waals surface area contributed by atoms with Crippen molar-refractivity contribution in [3.05, 3.63) is 29.8 Å². The highest BCUT2D eigenvalue weighted by Gasteiger charge is 2.22. The number of ether oxygens (including phenoxy) is 1. The third-order valence-corrected chi connectivity index (χ3v) is 4.37. The molecule has 0 N–H and O–H groups in total. The lowest BCUT2D eigenvalue weighted by Crippen LogP contribution is -2.39. The first-order valence-electron chi connectivity index (χ1n) is 8.00. The topological polar surface area (TPSA) is 83.6 Å². The second-order valence-corrected chi connectivity index (χ2v) is 8.10. The summed E-state index contributed by atoms with van der Waals surface area (Å²) >= 11 is 0. The second kappa shape index (κ2) is 8.48. The molecule has 0 spiro atoms. The van der Waals surface area contributed by atoms with E-state index in [9.17, 15) is 17.8 Å². The number of rotatable bonds is 1. The predicted octanol–water partition coefficient (Wildman–Crippen LogP) is 3.52. The molecule has 0 aromatic heterocycles. The quantitative estimate of drug-likeness (QED) is 0.770. The number of piperidine rings is 1. The molecule has 0 saturated carbocycles. The molecule has 1 heterocycles. The molecule has 1 fully saturated rings. The fourth-order valence-electron chi connectivity index (χ4n) is 2.24. The van der Waals surface area contributed by atoms with E-state index in [0.29, 0.717) is 5.56 Å². The normalized spacial score (nSPS) is 15.3. The first-order chi connectivity index (χ1) is 11.0. The van der Waals surface area contributed by atoms with Crippen LogP contribution in [0.2, 0.25) is 0 Å². The Hall–Kier alpha value is -1.60. The van der Waals surface area contributed by atoms with Gasteiger partial charge < -0.3 is 9.64 Å². The predicted molar refractivity (Wildman–Crippen MR) is 90.7 cm³/mol. The van der Waals surface area contributed by atoms with Crippen molar-refractivity contribution in [1.82, 2.24) is 4.90 Å². The zero-order chi connectivity index (χ0) is 18.4. The fourth-order valence-corrected chi connectivity index (χ4v) is 2.95. The Balaban J connectivity index is 0.000000243. The first kappa shape index (κ1) is 20.4. The molecule has 1 aliphatic rings. The maximum absolute atomic E-state index is 11.5. The molecule has 6 nitrogen and oxygen atoms in total. The van der Waals surface area contributed by atoms with Crippen molar-refractivity contribution in [3.8, 4) is 0 Å². The van der Waals surface area contributed by atoms with Crippen LogP contribution in [0.1, 0.15) is 45.6 Å². The van der Waals surface area contributed by atoms with E-state index in [-0.39, 0.29) is 16.6 Å². The third-order valence-electron chi connectivity index (χ3n) is 3.37. The smallest absolute Gasteiger partial charge is 0.410 e. The molecule has 1 aromatic rings. The maximum atomic E-state index is 11.5. The fraction of sp³-hybridized carbons (Fsp3) is 0.588. The summed E-state index contributed by atoms with van der Waals surface area (Å²) in [4.78, 5) is 13.2. The van der Waals surface area contributed by atoms with E-state index in [1.165, 1.54) is 18.6 Å². The van der Waals surface area contributed by atoms with Crippen LogP contribution < -0.4 is 0 Å². The highest BCUT2D eigenvalue weighted by molar-refractivity contribution is 7.85. The van der Waals surface area contributed by atoms with Crippen molar-refractivity contribution in [3.63, 3.8) is 0 Å². The van der Waals surface area contributed by atoms with Gasteiger partial charge in [-0.2, -0.15) is 8.42 Å². The maximum Gasteiger partial charge on any atom is 0.410 e. The monoisotopic (exact) mass is 356 g/mol. The lowest BCUT2D eigenvalue weighted by Gasteiger charge is -2.29. The van der Waals surface area contributed by atoms with E-state index < -0.39 is 10.1 Å². The lowest BCUT2D eigenvalue weighted by atomic mass is 10.1. The minimum Gasteiger partial charge on any atom is -0.444 e. The average Bonchev–Trinajstić information content (AvgIpc) is 2.46. The van der Waals surface area contributed by atoms with Crippen molar-refractivity contribution in [1.29, 1.82) is 0 Å². The van der Waals surface area contributed by atoms with Gasteiger partial charge in [0.05, 0.1) is 4.90 Å². The van der Waals surface area contributed by atoms with Gasteiger partial charge in [-0.15, -0.1) is 0 Å². The molecule has 1 amide bonds. The van der Waals surface area contributed by atoms with Crippen LogP contribution in [-0.2, 0) is 19.4 Å². The third kappa shape index (κ3) is 7.31. The van der Waals surface area contributed by atoms with Gasteiger partial charge in [0.25, 0.3) is 0 Å². The van der Waals surface area contributed by atoms with E-state index in [4.69, 9.17) is 4.74 Å². The van der Waals surface area contributed by atoms with E-state index >= 15 is 0 Å². The summed E-state index contributed by atoms with van der Waals surface area (Å²) in [5.74, 6) is 0. The van der Waals surface area contributed by atoms with Crippen LogP contribution in [-0.4, -0.2) is 38.1 Å². The highest BCUT2D eigenvalue weighted by Crippen LogP contribution is 2.14. The van der Waals surface area contributed by atoms with Gasteiger partial charge in [-0.1, -0.05) is 22.8 Å². The molecule has 0 unspecified atom stereocenters. The van der Waals surface area contributed by atoms with Crippen molar-refractivity contribution in [2.75, 3.05) is 13.1 Å². The van der Waals surface area contributed by atoms with Gasteiger partial charge >= 0.3 is 16.2 Å². The number of carbonyl (C=O) groups is 1. The number of benzene rings is 1. The number of nitrogens with zero attached hydrogens (tertiary/aromatic N) is 1. The van der Waals surface area contributed by atoms with Gasteiger partial charge in [0.15, 0.2) is 0 Å². The van der Waals surface area contributed by atoms with Crippen molar-refractivity contribution in [2.24, 2.45) is 0 Å². The van der Waals surface area contributed by atoms with Gasteiger partial charge in [0.1, 0.15) is 5.60 Å². The van der Waals surface area contributed by atoms with E-state index in [0.717, 1.165) is 25.9 Å². The largest absolute Gasteiger partial charge is 0.444 e. The summed E-state index contributed by atoms with van der Waals surface area (Å²) in [5, 5.41) is 0. The van der Waals surface area contributed by atoms with Crippen molar-refractivity contribution in [2.45, 2.75) is 57.5 Å².